The fourth-order valence-electron chi connectivity index (χ4n) is 5.83. The number of amides is 2. The van der Waals surface area contributed by atoms with Crippen molar-refractivity contribution in [3.05, 3.63) is 46.5 Å². The molecule has 2 amide bonds. The molecule has 0 aliphatic heterocycles. The van der Waals surface area contributed by atoms with Crippen LogP contribution in [0.15, 0.2) is 18.3 Å². The van der Waals surface area contributed by atoms with Crippen LogP contribution in [0.4, 0.5) is 14.9 Å². The molecule has 42 heavy (non-hydrogen) atoms. The number of Topliss-reactive ketones (excluding diaryl/α,β-unsaturated/α-hetero) is 1. The number of rotatable bonds is 7. The average molecular weight is 585 g/mol. The zero-order valence-corrected chi connectivity index (χ0v) is 25.2. The van der Waals surface area contributed by atoms with E-state index in [1.165, 1.54) is 6.07 Å². The fourth-order valence-corrected chi connectivity index (χ4v) is 5.83. The molecule has 1 aromatic carbocycles. The Balaban J connectivity index is 1.45. The first kappa shape index (κ1) is 31.1. The summed E-state index contributed by atoms with van der Waals surface area (Å²) in [5, 5.41) is 5.68. The van der Waals surface area contributed by atoms with Crippen molar-refractivity contribution >= 4 is 29.4 Å². The van der Waals surface area contributed by atoms with Crippen molar-refractivity contribution in [3.8, 4) is 5.69 Å². The second kappa shape index (κ2) is 11.8. The Kier molecular flexibility index (Phi) is 8.71. The first-order valence-corrected chi connectivity index (χ1v) is 14.3. The highest BCUT2D eigenvalue weighted by molar-refractivity contribution is 6.01. The summed E-state index contributed by atoms with van der Waals surface area (Å²) in [6.07, 6.45) is 4.21. The van der Waals surface area contributed by atoms with Gasteiger partial charge in [-0.2, -0.15) is 0 Å². The molecule has 1 heterocycles. The number of halogens is 1. The molecule has 0 bridgehead atoms. The molecule has 4 N–H and O–H groups in total. The minimum Gasteiger partial charge on any atom is -0.461 e. The number of benzene rings is 1. The van der Waals surface area contributed by atoms with E-state index < -0.39 is 29.4 Å². The third kappa shape index (κ3) is 7.30. The molecule has 11 heteroatoms. The lowest BCUT2D eigenvalue weighted by Gasteiger charge is -2.31. The van der Waals surface area contributed by atoms with Gasteiger partial charge in [-0.15, -0.1) is 0 Å². The van der Waals surface area contributed by atoms with Gasteiger partial charge in [0, 0.05) is 29.9 Å². The van der Waals surface area contributed by atoms with E-state index in [1.54, 1.807) is 26.8 Å². The Morgan fingerprint density at radius 2 is 1.79 bits per heavy atom. The van der Waals surface area contributed by atoms with Crippen LogP contribution in [0.3, 0.4) is 0 Å². The lowest BCUT2D eigenvalue weighted by molar-refractivity contribution is -0.149. The smallest absolute Gasteiger partial charge is 0.408 e. The number of nitrogens with two attached hydrogens (primary N) is 1. The number of ketones is 1. The predicted octanol–water partition coefficient (Wildman–Crippen LogP) is 4.97. The molecule has 0 atom stereocenters. The van der Waals surface area contributed by atoms with Gasteiger partial charge in [0.2, 0.25) is 0 Å². The topological polar surface area (TPSA) is 142 Å². The molecular weight excluding hydrogens is 543 g/mol. The zero-order chi connectivity index (χ0) is 31.0. The standard InChI is InChI=1S/C31H41FN4O6/c1-17-16-36(23-13-31(5,6)14-24(37)26(17)23)19-11-21(32)27(28(33)39)22(12-19)35-18-7-9-20(10-8-18)41-25(38)15-34-29(40)42-30(2,3)4/h11-12,16,18,20,35H,7-10,13-15H2,1-6H3,(H2,33,39)(H,34,40)/t18-,20-. The van der Waals surface area contributed by atoms with Crippen molar-refractivity contribution in [1.82, 2.24) is 9.88 Å². The van der Waals surface area contributed by atoms with Gasteiger partial charge in [-0.3, -0.25) is 14.4 Å². The molecule has 0 radical (unpaired) electrons. The Morgan fingerprint density at radius 1 is 1.12 bits per heavy atom. The van der Waals surface area contributed by atoms with Crippen LogP contribution in [0.5, 0.6) is 0 Å². The van der Waals surface area contributed by atoms with Gasteiger partial charge < -0.3 is 30.4 Å². The number of carbonyl (C=O) groups is 4. The highest BCUT2D eigenvalue weighted by atomic mass is 19.1. The summed E-state index contributed by atoms with van der Waals surface area (Å²) in [7, 11) is 0. The number of esters is 1. The number of primary amides is 1. The SMILES string of the molecule is Cc1cn(-c2cc(F)c(C(N)=O)c(N[C@H]3CC[C@H](OC(=O)CNC(=O)OC(C)(C)C)CC3)c2)c2c1C(=O)CC(C)(C)C2. The van der Waals surface area contributed by atoms with Gasteiger partial charge in [0.25, 0.3) is 5.91 Å². The van der Waals surface area contributed by atoms with E-state index >= 15 is 4.39 Å². The quantitative estimate of drug-likeness (QED) is 0.390. The van der Waals surface area contributed by atoms with Crippen molar-refractivity contribution in [3.63, 3.8) is 0 Å². The molecule has 0 unspecified atom stereocenters. The van der Waals surface area contributed by atoms with Crippen LogP contribution in [0.2, 0.25) is 0 Å². The number of anilines is 1. The predicted molar refractivity (Wildman–Crippen MR) is 155 cm³/mol. The third-order valence-corrected chi connectivity index (χ3v) is 7.57. The average Bonchev–Trinajstić information content (AvgIpc) is 3.17. The maximum Gasteiger partial charge on any atom is 0.408 e. The van der Waals surface area contributed by atoms with Crippen molar-refractivity contribution in [2.75, 3.05) is 11.9 Å². The normalized spacial score (nSPS) is 19.9. The Labute approximate surface area is 245 Å². The van der Waals surface area contributed by atoms with E-state index in [2.05, 4.69) is 10.6 Å². The van der Waals surface area contributed by atoms with E-state index in [4.69, 9.17) is 15.2 Å². The van der Waals surface area contributed by atoms with E-state index in [0.29, 0.717) is 49.8 Å². The van der Waals surface area contributed by atoms with Crippen LogP contribution >= 0.6 is 0 Å². The third-order valence-electron chi connectivity index (χ3n) is 7.57. The molecule has 4 rings (SSSR count). The van der Waals surface area contributed by atoms with E-state index in [1.807, 2.05) is 31.5 Å². The van der Waals surface area contributed by atoms with Gasteiger partial charge in [0.15, 0.2) is 5.78 Å². The lowest BCUT2D eigenvalue weighted by Crippen LogP contribution is -2.38. The van der Waals surface area contributed by atoms with Crippen molar-refractivity contribution < 1.29 is 33.0 Å². The van der Waals surface area contributed by atoms with E-state index in [-0.39, 0.29) is 41.1 Å². The maximum absolute atomic E-state index is 15.4. The molecule has 1 aromatic heterocycles. The van der Waals surface area contributed by atoms with Gasteiger partial charge >= 0.3 is 12.1 Å². The second-order valence-corrected chi connectivity index (χ2v) is 13.1. The Morgan fingerprint density at radius 3 is 2.40 bits per heavy atom. The number of fused-ring (bicyclic) bond motifs is 1. The van der Waals surface area contributed by atoms with Gasteiger partial charge in [-0.05, 0) is 82.9 Å². The number of ether oxygens (including phenoxy) is 2. The van der Waals surface area contributed by atoms with Crippen LogP contribution in [0.1, 0.15) is 98.7 Å². The summed E-state index contributed by atoms with van der Waals surface area (Å²) in [5.74, 6) is -2.12. The number of nitrogens with zero attached hydrogens (tertiary/aromatic N) is 1. The van der Waals surface area contributed by atoms with Gasteiger partial charge in [-0.1, -0.05) is 13.8 Å². The highest BCUT2D eigenvalue weighted by Gasteiger charge is 2.35. The van der Waals surface area contributed by atoms with Gasteiger partial charge in [0.1, 0.15) is 24.1 Å². The Hall–Kier alpha value is -3.89. The van der Waals surface area contributed by atoms with Crippen LogP contribution in [-0.4, -0.2) is 52.6 Å². The number of carbonyl (C=O) groups excluding carboxylic acids is 4. The molecule has 1 fully saturated rings. The summed E-state index contributed by atoms with van der Waals surface area (Å²) in [5.41, 5.74) is 7.55. The highest BCUT2D eigenvalue weighted by Crippen LogP contribution is 2.39. The lowest BCUT2D eigenvalue weighted by atomic mass is 9.75. The van der Waals surface area contributed by atoms with Crippen LogP contribution in [0, 0.1) is 18.2 Å². The number of hydrogen-bond acceptors (Lipinski definition) is 7. The summed E-state index contributed by atoms with van der Waals surface area (Å²) in [4.78, 5) is 49.1. The summed E-state index contributed by atoms with van der Waals surface area (Å²) >= 11 is 0. The number of alkyl carbamates (subject to hydrolysis) is 1. The fraction of sp³-hybridized carbons (Fsp3) is 0.548. The molecule has 1 saturated carbocycles. The summed E-state index contributed by atoms with van der Waals surface area (Å²) in [6, 6.07) is 2.86. The van der Waals surface area contributed by atoms with Crippen molar-refractivity contribution in [1.29, 1.82) is 0 Å². The number of aryl methyl sites for hydroxylation is 1. The number of nitrogens with one attached hydrogen (secondary N) is 2. The van der Waals surface area contributed by atoms with E-state index in [9.17, 15) is 19.2 Å². The molecular formula is C31H41FN4O6. The monoisotopic (exact) mass is 584 g/mol. The van der Waals surface area contributed by atoms with Crippen LogP contribution in [0.25, 0.3) is 5.69 Å². The maximum atomic E-state index is 15.4. The van der Waals surface area contributed by atoms with Crippen molar-refractivity contribution in [2.45, 2.75) is 97.8 Å². The van der Waals surface area contributed by atoms with Crippen LogP contribution < -0.4 is 16.4 Å². The minimum atomic E-state index is -0.885. The minimum absolute atomic E-state index is 0.0724. The molecule has 2 aromatic rings. The van der Waals surface area contributed by atoms with Crippen LogP contribution in [-0.2, 0) is 20.7 Å². The number of aromatic nitrogens is 1. The van der Waals surface area contributed by atoms with E-state index in [0.717, 1.165) is 11.3 Å². The van der Waals surface area contributed by atoms with Gasteiger partial charge in [-0.25, -0.2) is 9.18 Å². The van der Waals surface area contributed by atoms with Crippen molar-refractivity contribution in [2.24, 2.45) is 11.1 Å². The largest absolute Gasteiger partial charge is 0.461 e. The number of hydrogen-bond donors (Lipinski definition) is 3. The first-order valence-electron chi connectivity index (χ1n) is 14.3. The summed E-state index contributed by atoms with van der Waals surface area (Å²) < 4.78 is 27.8. The Bertz CT molecular complexity index is 1400. The zero-order valence-electron chi connectivity index (χ0n) is 25.2. The molecule has 0 saturated heterocycles. The summed E-state index contributed by atoms with van der Waals surface area (Å²) in [6.45, 7) is 10.8. The molecule has 10 nitrogen and oxygen atoms in total. The first-order chi connectivity index (χ1) is 19.5. The molecule has 228 valence electrons. The molecule has 2 aliphatic carbocycles. The second-order valence-electron chi connectivity index (χ2n) is 13.1. The molecule has 0 spiro atoms. The van der Waals surface area contributed by atoms with Gasteiger partial charge in [0.05, 0.1) is 16.9 Å². The molecule has 2 aliphatic rings.